The Balaban J connectivity index is 0.000000533. The van der Waals surface area contributed by atoms with Crippen molar-refractivity contribution in [3.05, 3.63) is 70.7 Å². The number of nitrogens with zero attached hydrogens (tertiary/aromatic N) is 8. The Bertz CT molecular complexity index is 1530. The average molecular weight is 651 g/mol. The molecular formula is C27H29F3N8O8. The molecule has 0 amide bonds. The minimum absolute atomic E-state index is 0.00171. The number of carbonyl (C=O) groups is 2. The van der Waals surface area contributed by atoms with E-state index in [-0.39, 0.29) is 23.6 Å². The third-order valence-electron chi connectivity index (χ3n) is 6.84. The van der Waals surface area contributed by atoms with Gasteiger partial charge < -0.3 is 39.6 Å². The van der Waals surface area contributed by atoms with Gasteiger partial charge in [0.15, 0.2) is 0 Å². The van der Waals surface area contributed by atoms with E-state index in [1.54, 1.807) is 29.1 Å². The van der Waals surface area contributed by atoms with Gasteiger partial charge in [0, 0.05) is 80.0 Å². The lowest BCUT2D eigenvalue weighted by Crippen LogP contribution is -2.47. The van der Waals surface area contributed by atoms with Gasteiger partial charge in [0.25, 0.3) is 0 Å². The van der Waals surface area contributed by atoms with Crippen molar-refractivity contribution in [3.63, 3.8) is 0 Å². The van der Waals surface area contributed by atoms with Gasteiger partial charge in [-0.3, -0.25) is 9.47 Å². The number of aromatic nitrogens is 4. The number of piperazine rings is 1. The molecule has 2 N–H and O–H groups in total. The Labute approximate surface area is 259 Å². The molecule has 0 spiro atoms. The number of hydrogen-bond acceptors (Lipinski definition) is 12. The number of rotatable bonds is 9. The van der Waals surface area contributed by atoms with Crippen LogP contribution in [0, 0.1) is 10.1 Å². The molecule has 0 radical (unpaired) electrons. The lowest BCUT2D eigenvalue weighted by molar-refractivity contribution is -0.389. The molecule has 46 heavy (non-hydrogen) atoms. The van der Waals surface area contributed by atoms with E-state index >= 15 is 0 Å². The lowest BCUT2D eigenvalue weighted by atomic mass is 10.2. The molecule has 1 fully saturated rings. The minimum atomic E-state index is -4.71. The molecule has 4 heterocycles. The highest BCUT2D eigenvalue weighted by molar-refractivity contribution is 5.89. The maximum atomic E-state index is 12.4. The number of nitro groups is 1. The SMILES string of the molecule is CN(Cc1cnc(N2CCN(c3ccc(OC(F)(F)F)cc3)CC2)nc1)[C@@H]1COc2nc([N+](=O)[O-])cn2C1.O=C(O)/C=C/C(=O)O. The number of halogens is 3. The van der Waals surface area contributed by atoms with Crippen LogP contribution in [0.4, 0.5) is 30.6 Å². The first-order valence-corrected chi connectivity index (χ1v) is 13.6. The molecule has 16 nitrogen and oxygen atoms in total. The van der Waals surface area contributed by atoms with Crippen molar-refractivity contribution in [2.75, 3.05) is 49.6 Å². The van der Waals surface area contributed by atoms with Crippen LogP contribution in [0.15, 0.2) is 55.0 Å². The second kappa shape index (κ2) is 14.5. The summed E-state index contributed by atoms with van der Waals surface area (Å²) in [4.78, 5) is 48.7. The highest BCUT2D eigenvalue weighted by Crippen LogP contribution is 2.27. The molecule has 5 rings (SSSR count). The van der Waals surface area contributed by atoms with E-state index < -0.39 is 23.2 Å². The maximum absolute atomic E-state index is 12.4. The molecule has 0 unspecified atom stereocenters. The number of fused-ring (bicyclic) bond motifs is 1. The van der Waals surface area contributed by atoms with E-state index in [2.05, 4.69) is 34.4 Å². The molecular weight excluding hydrogens is 621 g/mol. The third-order valence-corrected chi connectivity index (χ3v) is 6.84. The molecule has 3 aromatic rings. The fourth-order valence-corrected chi connectivity index (χ4v) is 4.61. The smallest absolute Gasteiger partial charge is 0.478 e. The highest BCUT2D eigenvalue weighted by atomic mass is 19.4. The summed E-state index contributed by atoms with van der Waals surface area (Å²) in [6.45, 7) is 4.13. The van der Waals surface area contributed by atoms with E-state index in [4.69, 9.17) is 14.9 Å². The minimum Gasteiger partial charge on any atom is -0.478 e. The maximum Gasteiger partial charge on any atom is 0.573 e. The number of alkyl halides is 3. The monoisotopic (exact) mass is 650 g/mol. The van der Waals surface area contributed by atoms with Crippen molar-refractivity contribution in [1.82, 2.24) is 24.4 Å². The van der Waals surface area contributed by atoms with Crippen LogP contribution in [-0.2, 0) is 22.7 Å². The molecule has 1 saturated heterocycles. The zero-order chi connectivity index (χ0) is 33.4. The van der Waals surface area contributed by atoms with Crippen LogP contribution < -0.4 is 19.3 Å². The van der Waals surface area contributed by atoms with Crippen molar-refractivity contribution in [1.29, 1.82) is 0 Å². The first-order chi connectivity index (χ1) is 21.8. The van der Waals surface area contributed by atoms with E-state index in [1.165, 1.54) is 18.3 Å². The second-order valence-electron chi connectivity index (χ2n) is 10.1. The molecule has 2 aliphatic rings. The van der Waals surface area contributed by atoms with Crippen LogP contribution in [0.3, 0.4) is 0 Å². The summed E-state index contributed by atoms with van der Waals surface area (Å²) in [5.74, 6) is -2.38. The predicted octanol–water partition coefficient (Wildman–Crippen LogP) is 2.41. The van der Waals surface area contributed by atoms with E-state index in [1.807, 2.05) is 7.05 Å². The molecule has 1 atom stereocenters. The second-order valence-corrected chi connectivity index (χ2v) is 10.1. The third kappa shape index (κ3) is 9.52. The molecule has 0 bridgehead atoms. The van der Waals surface area contributed by atoms with Gasteiger partial charge >= 0.3 is 30.1 Å². The number of ether oxygens (including phenoxy) is 2. The number of carboxylic acids is 2. The number of anilines is 2. The summed E-state index contributed by atoms with van der Waals surface area (Å²) >= 11 is 0. The number of benzene rings is 1. The number of likely N-dealkylation sites (N-methyl/N-ethyl adjacent to an activating group) is 1. The van der Waals surface area contributed by atoms with Crippen molar-refractivity contribution in [2.45, 2.75) is 25.5 Å². The van der Waals surface area contributed by atoms with E-state index in [9.17, 15) is 32.9 Å². The molecule has 19 heteroatoms. The van der Waals surface area contributed by atoms with Gasteiger partial charge in [-0.15, -0.1) is 13.2 Å². The quantitative estimate of drug-likeness (QED) is 0.195. The zero-order valence-electron chi connectivity index (χ0n) is 24.3. The lowest BCUT2D eigenvalue weighted by Gasteiger charge is -2.36. The molecule has 2 aromatic heterocycles. The van der Waals surface area contributed by atoms with Crippen molar-refractivity contribution in [3.8, 4) is 11.8 Å². The van der Waals surface area contributed by atoms with Crippen LogP contribution in [-0.4, -0.2) is 104 Å². The number of hydrogen-bond donors (Lipinski definition) is 2. The van der Waals surface area contributed by atoms with Crippen LogP contribution in [0.1, 0.15) is 5.56 Å². The van der Waals surface area contributed by atoms with Crippen molar-refractivity contribution in [2.24, 2.45) is 0 Å². The molecule has 0 aliphatic carbocycles. The van der Waals surface area contributed by atoms with Gasteiger partial charge in [0.2, 0.25) is 5.95 Å². The first-order valence-electron chi connectivity index (χ1n) is 13.6. The summed E-state index contributed by atoms with van der Waals surface area (Å²) in [5.41, 5.74) is 1.74. The Kier molecular flexibility index (Phi) is 10.6. The van der Waals surface area contributed by atoms with Crippen molar-refractivity contribution < 1.29 is 47.4 Å². The van der Waals surface area contributed by atoms with Gasteiger partial charge in [0.05, 0.1) is 6.04 Å². The standard InChI is InChI=1S/C23H25F3N8O4.C4H4O4/c1-30(18-13-33-14-20(34(35)36)29-22(33)37-15-18)12-16-10-27-21(28-11-16)32-8-6-31(7-9-32)17-2-4-19(5-3-17)38-23(24,25)26;5-3(6)1-2-4(7)8/h2-5,10-11,14,18H,6-9,12-13,15H2,1H3;1-2H,(H,5,6)(H,7,8)/b;2-1+/t18-;/m0./s1. The average Bonchev–Trinajstić information content (AvgIpc) is 3.45. The van der Waals surface area contributed by atoms with Gasteiger partial charge in [-0.2, -0.15) is 0 Å². The summed E-state index contributed by atoms with van der Waals surface area (Å²) in [6, 6.07) is 6.10. The molecule has 2 aliphatic heterocycles. The summed E-state index contributed by atoms with van der Waals surface area (Å²) in [7, 11) is 1.94. The van der Waals surface area contributed by atoms with Gasteiger partial charge in [0.1, 0.15) is 18.6 Å². The molecule has 0 saturated carbocycles. The Morgan fingerprint density at radius 3 is 2.22 bits per heavy atom. The Morgan fingerprint density at radius 1 is 1.09 bits per heavy atom. The van der Waals surface area contributed by atoms with Gasteiger partial charge in [-0.05, 0) is 36.2 Å². The topological polar surface area (TPSA) is 190 Å². The van der Waals surface area contributed by atoms with Crippen LogP contribution in [0.5, 0.6) is 11.8 Å². The predicted molar refractivity (Wildman–Crippen MR) is 154 cm³/mol. The zero-order valence-corrected chi connectivity index (χ0v) is 24.3. The summed E-state index contributed by atoms with van der Waals surface area (Å²) < 4.78 is 48.3. The molecule has 246 valence electrons. The fraction of sp³-hybridized carbons (Fsp3) is 0.370. The molecule has 1 aromatic carbocycles. The van der Waals surface area contributed by atoms with E-state index in [0.29, 0.717) is 64.0 Å². The van der Waals surface area contributed by atoms with Crippen LogP contribution in [0.2, 0.25) is 0 Å². The Hall–Kier alpha value is -5.46. The number of carboxylic acid groups (broad SMARTS) is 2. The van der Waals surface area contributed by atoms with Crippen LogP contribution in [0.25, 0.3) is 0 Å². The number of imidazole rings is 1. The fourth-order valence-electron chi connectivity index (χ4n) is 4.61. The van der Waals surface area contributed by atoms with Gasteiger partial charge in [-0.1, -0.05) is 0 Å². The number of aliphatic carboxylic acids is 2. The van der Waals surface area contributed by atoms with Crippen molar-refractivity contribution >= 4 is 29.4 Å². The van der Waals surface area contributed by atoms with E-state index in [0.717, 1.165) is 11.3 Å². The Morgan fingerprint density at radius 2 is 1.67 bits per heavy atom. The highest BCUT2D eigenvalue weighted by Gasteiger charge is 2.31. The first kappa shape index (κ1) is 33.4. The largest absolute Gasteiger partial charge is 0.573 e. The normalized spacial score (nSPS) is 16.3. The summed E-state index contributed by atoms with van der Waals surface area (Å²) in [5, 5.41) is 26.6. The summed E-state index contributed by atoms with van der Waals surface area (Å²) in [6.07, 6.45) is 1.34. The van der Waals surface area contributed by atoms with Gasteiger partial charge in [-0.25, -0.2) is 19.6 Å². The van der Waals surface area contributed by atoms with Crippen LogP contribution >= 0.6 is 0 Å².